The van der Waals surface area contributed by atoms with Crippen molar-refractivity contribution in [2.75, 3.05) is 13.1 Å². The maximum atomic E-state index is 4.33. The first-order valence-electron chi connectivity index (χ1n) is 6.12. The number of hydrogen-bond donors (Lipinski definition) is 0. The third-order valence-electron chi connectivity index (χ3n) is 2.94. The number of hydrogen-bond acceptors (Lipinski definition) is 0. The summed E-state index contributed by atoms with van der Waals surface area (Å²) >= 11 is 0. The van der Waals surface area contributed by atoms with Crippen molar-refractivity contribution in [1.29, 1.82) is 0 Å². The predicted octanol–water partition coefficient (Wildman–Crippen LogP) is -2.13. The van der Waals surface area contributed by atoms with Crippen LogP contribution in [0.3, 0.4) is 0 Å². The van der Waals surface area contributed by atoms with Crippen LogP contribution in [0, 0.1) is 0 Å². The fourth-order valence-electron chi connectivity index (χ4n) is 1.91. The predicted molar refractivity (Wildman–Crippen MR) is 63.1 cm³/mol. The molecule has 2 unspecified atom stereocenters. The summed E-state index contributed by atoms with van der Waals surface area (Å²) in [5.41, 5.74) is 0. The summed E-state index contributed by atoms with van der Waals surface area (Å²) in [6, 6.07) is 1.32. The van der Waals surface area contributed by atoms with Crippen LogP contribution in [0.25, 0.3) is 10.6 Å². The molecule has 0 aromatic carbocycles. The Morgan fingerprint density at radius 2 is 1.06 bits per heavy atom. The molecular formula is C12H24Cl2N2Pt. The van der Waals surface area contributed by atoms with Gasteiger partial charge < -0.3 is 35.4 Å². The van der Waals surface area contributed by atoms with E-state index >= 15 is 0 Å². The van der Waals surface area contributed by atoms with E-state index in [2.05, 4.69) is 24.5 Å². The molecule has 2 heterocycles. The zero-order valence-electron chi connectivity index (χ0n) is 10.8. The van der Waals surface area contributed by atoms with Crippen LogP contribution in [0.1, 0.15) is 52.4 Å². The molecule has 106 valence electrons. The van der Waals surface area contributed by atoms with Crippen molar-refractivity contribution in [3.05, 3.63) is 10.6 Å². The fraction of sp³-hybridized carbons (Fsp3) is 1.00. The van der Waals surface area contributed by atoms with E-state index in [0.717, 1.165) is 13.1 Å². The summed E-state index contributed by atoms with van der Waals surface area (Å²) in [6.45, 7) is 6.61. The first-order chi connectivity index (χ1) is 6.79. The van der Waals surface area contributed by atoms with Gasteiger partial charge in [-0.25, -0.2) is 0 Å². The Morgan fingerprint density at radius 3 is 1.18 bits per heavy atom. The zero-order chi connectivity index (χ0) is 10.2. The molecule has 2 fully saturated rings. The first kappa shape index (κ1) is 23.3. The fourth-order valence-corrected chi connectivity index (χ4v) is 1.91. The summed E-state index contributed by atoms with van der Waals surface area (Å²) in [5, 5.41) is 8.66. The molecule has 17 heavy (non-hydrogen) atoms. The van der Waals surface area contributed by atoms with Crippen molar-refractivity contribution in [1.82, 2.24) is 0 Å². The van der Waals surface area contributed by atoms with Crippen LogP contribution in [0.2, 0.25) is 0 Å². The van der Waals surface area contributed by atoms with E-state index in [1.54, 1.807) is 0 Å². The van der Waals surface area contributed by atoms with E-state index in [1.165, 1.54) is 38.5 Å². The normalized spacial score (nSPS) is 27.2. The van der Waals surface area contributed by atoms with Gasteiger partial charge in [-0.2, -0.15) is 0 Å². The molecule has 0 amide bonds. The number of rotatable bonds is 0. The third kappa shape index (κ3) is 13.4. The van der Waals surface area contributed by atoms with Gasteiger partial charge in [-0.1, -0.05) is 52.4 Å². The van der Waals surface area contributed by atoms with Gasteiger partial charge in [-0.15, -0.1) is 25.2 Å². The standard InChI is InChI=1S/2C6H12N.2ClH.Pt/c2*1-6-4-2-3-5-7-6;;;/h2*6H,2-5H2,1H3;2*1H;/q2*-1;;;+4/p-2. The average molecular weight is 462 g/mol. The van der Waals surface area contributed by atoms with Gasteiger partial charge in [0.2, 0.25) is 0 Å². The smallest absolute Gasteiger partial charge is 1.00 e. The van der Waals surface area contributed by atoms with Crippen LogP contribution in [-0.4, -0.2) is 25.2 Å². The second-order valence-corrected chi connectivity index (χ2v) is 4.50. The summed E-state index contributed by atoms with van der Waals surface area (Å²) in [7, 11) is 0. The minimum atomic E-state index is 0. The van der Waals surface area contributed by atoms with Crippen LogP contribution in [0.15, 0.2) is 0 Å². The molecule has 2 nitrogen and oxygen atoms in total. The van der Waals surface area contributed by atoms with Gasteiger partial charge in [0.15, 0.2) is 0 Å². The average Bonchev–Trinajstić information content (AvgIpc) is 2.21. The second-order valence-electron chi connectivity index (χ2n) is 4.50. The number of piperidine rings is 2. The Labute approximate surface area is 134 Å². The summed E-state index contributed by atoms with van der Waals surface area (Å²) < 4.78 is 0. The van der Waals surface area contributed by atoms with Gasteiger partial charge in [0.05, 0.1) is 0 Å². The van der Waals surface area contributed by atoms with E-state index < -0.39 is 0 Å². The van der Waals surface area contributed by atoms with Crippen molar-refractivity contribution in [3.8, 4) is 0 Å². The molecule has 0 aromatic heterocycles. The van der Waals surface area contributed by atoms with Crippen LogP contribution in [0.4, 0.5) is 0 Å². The van der Waals surface area contributed by atoms with Gasteiger partial charge in [-0.05, 0) is 0 Å². The van der Waals surface area contributed by atoms with E-state index in [4.69, 9.17) is 0 Å². The first-order valence-corrected chi connectivity index (χ1v) is 6.12. The number of nitrogens with zero attached hydrogens (tertiary/aromatic N) is 2. The largest absolute Gasteiger partial charge is 4.00 e. The van der Waals surface area contributed by atoms with Crippen LogP contribution >= 0.6 is 0 Å². The maximum Gasteiger partial charge on any atom is 4.00 e. The van der Waals surface area contributed by atoms with E-state index in [0.29, 0.717) is 12.1 Å². The Morgan fingerprint density at radius 1 is 0.706 bits per heavy atom. The van der Waals surface area contributed by atoms with Crippen molar-refractivity contribution < 1.29 is 45.9 Å². The van der Waals surface area contributed by atoms with Gasteiger partial charge in [0, 0.05) is 0 Å². The van der Waals surface area contributed by atoms with E-state index in [1.807, 2.05) is 0 Å². The van der Waals surface area contributed by atoms with E-state index in [9.17, 15) is 0 Å². The van der Waals surface area contributed by atoms with Gasteiger partial charge in [0.25, 0.3) is 0 Å². The third-order valence-corrected chi connectivity index (χ3v) is 2.94. The molecule has 0 spiro atoms. The SMILES string of the molecule is CC1CCCC[N-]1.CC1CCCC[N-]1.[Cl-].[Cl-].[Pt+4]. The molecule has 2 rings (SSSR count). The second kappa shape index (κ2) is 15.2. The Bertz CT molecular complexity index is 122. The maximum absolute atomic E-state index is 4.33. The zero-order valence-corrected chi connectivity index (χ0v) is 14.6. The molecule has 0 aliphatic carbocycles. The molecule has 2 atom stereocenters. The molecule has 0 saturated carbocycles. The quantitative estimate of drug-likeness (QED) is 0.394. The minimum Gasteiger partial charge on any atom is -1.00 e. The van der Waals surface area contributed by atoms with Crippen molar-refractivity contribution in [2.24, 2.45) is 0 Å². The molecule has 0 radical (unpaired) electrons. The molecule has 0 bridgehead atoms. The Hall–Kier alpha value is 1.19. The van der Waals surface area contributed by atoms with Crippen LogP contribution in [-0.2, 0) is 21.1 Å². The Kier molecular flexibility index (Phi) is 20.9. The van der Waals surface area contributed by atoms with Crippen LogP contribution in [0.5, 0.6) is 0 Å². The molecule has 2 aliphatic heterocycles. The van der Waals surface area contributed by atoms with E-state index in [-0.39, 0.29) is 45.9 Å². The van der Waals surface area contributed by atoms with Gasteiger partial charge in [-0.3, -0.25) is 0 Å². The van der Waals surface area contributed by atoms with Gasteiger partial charge >= 0.3 is 21.1 Å². The van der Waals surface area contributed by atoms with Gasteiger partial charge in [0.1, 0.15) is 0 Å². The monoisotopic (exact) mass is 461 g/mol. The summed E-state index contributed by atoms with van der Waals surface area (Å²) in [4.78, 5) is 0. The van der Waals surface area contributed by atoms with Crippen molar-refractivity contribution in [3.63, 3.8) is 0 Å². The molecule has 2 saturated heterocycles. The molecule has 0 aromatic rings. The van der Waals surface area contributed by atoms with Crippen molar-refractivity contribution in [2.45, 2.75) is 64.5 Å². The molecule has 0 N–H and O–H groups in total. The molecule has 5 heteroatoms. The molecule has 2 aliphatic rings. The Balaban J connectivity index is -0.000000196. The van der Waals surface area contributed by atoms with Crippen molar-refractivity contribution >= 4 is 0 Å². The van der Waals surface area contributed by atoms with Crippen LogP contribution < -0.4 is 24.8 Å². The minimum absolute atomic E-state index is 0. The summed E-state index contributed by atoms with van der Waals surface area (Å²) in [6.07, 6.45) is 8.07. The summed E-state index contributed by atoms with van der Waals surface area (Å²) in [5.74, 6) is 0. The molecular weight excluding hydrogens is 438 g/mol. The number of halogens is 2. The topological polar surface area (TPSA) is 28.2 Å².